The Balaban J connectivity index is 1.52. The lowest BCUT2D eigenvalue weighted by Crippen LogP contribution is -2.49. The zero-order valence-electron chi connectivity index (χ0n) is 12.1. The van der Waals surface area contributed by atoms with Gasteiger partial charge in [-0.3, -0.25) is 0 Å². The average molecular weight is 325 g/mol. The van der Waals surface area contributed by atoms with Gasteiger partial charge in [-0.05, 0) is 85.5 Å². The molecule has 21 heavy (non-hydrogen) atoms. The number of aliphatic hydroxyl groups excluding tert-OH is 1. The maximum absolute atomic E-state index is 10.8. The predicted molar refractivity (Wildman–Crippen MR) is 86.7 cm³/mol. The molecule has 4 fully saturated rings. The molecule has 4 aliphatic rings. The van der Waals surface area contributed by atoms with E-state index in [2.05, 4.69) is 0 Å². The fraction of sp³-hybridized carbons (Fsp3) is 0.667. The molecular formula is C18H22Cl2O. The molecule has 0 heterocycles. The van der Waals surface area contributed by atoms with Gasteiger partial charge in [-0.15, -0.1) is 0 Å². The maximum Gasteiger partial charge on any atom is 0.0614 e. The zero-order chi connectivity index (χ0) is 14.6. The van der Waals surface area contributed by atoms with Crippen molar-refractivity contribution in [2.24, 2.45) is 29.6 Å². The van der Waals surface area contributed by atoms with E-state index >= 15 is 0 Å². The van der Waals surface area contributed by atoms with Crippen LogP contribution in [0, 0.1) is 29.6 Å². The van der Waals surface area contributed by atoms with Crippen molar-refractivity contribution in [1.82, 2.24) is 0 Å². The Morgan fingerprint density at radius 2 is 1.62 bits per heavy atom. The summed E-state index contributed by atoms with van der Waals surface area (Å²) in [5, 5.41) is 12.3. The monoisotopic (exact) mass is 324 g/mol. The molecule has 5 rings (SSSR count). The van der Waals surface area contributed by atoms with Crippen molar-refractivity contribution in [2.45, 2.75) is 44.6 Å². The van der Waals surface area contributed by atoms with Crippen molar-refractivity contribution in [1.29, 1.82) is 0 Å². The van der Waals surface area contributed by atoms with Gasteiger partial charge in [0.05, 0.1) is 6.10 Å². The van der Waals surface area contributed by atoms with Gasteiger partial charge in [0.1, 0.15) is 0 Å². The second-order valence-corrected chi connectivity index (χ2v) is 8.36. The van der Waals surface area contributed by atoms with Crippen LogP contribution in [0.3, 0.4) is 0 Å². The summed E-state index contributed by atoms with van der Waals surface area (Å²) in [5.41, 5.74) is 0.991. The van der Waals surface area contributed by atoms with Crippen molar-refractivity contribution in [3.05, 3.63) is 33.8 Å². The van der Waals surface area contributed by atoms with Crippen LogP contribution in [0.25, 0.3) is 0 Å². The molecule has 0 saturated heterocycles. The largest absolute Gasteiger partial charge is 0.392 e. The van der Waals surface area contributed by atoms with Gasteiger partial charge in [-0.1, -0.05) is 23.2 Å². The molecule has 1 unspecified atom stereocenters. The lowest BCUT2D eigenvalue weighted by Gasteiger charge is -2.55. The normalized spacial score (nSPS) is 38.7. The van der Waals surface area contributed by atoms with E-state index in [9.17, 15) is 5.11 Å². The smallest absolute Gasteiger partial charge is 0.0614 e. The Morgan fingerprint density at radius 3 is 2.24 bits per heavy atom. The van der Waals surface area contributed by atoms with Crippen molar-refractivity contribution in [2.75, 3.05) is 0 Å². The van der Waals surface area contributed by atoms with E-state index in [0.29, 0.717) is 17.4 Å². The van der Waals surface area contributed by atoms with Gasteiger partial charge >= 0.3 is 0 Å². The molecule has 0 aromatic heterocycles. The summed E-state index contributed by atoms with van der Waals surface area (Å²) in [6, 6.07) is 5.55. The zero-order valence-corrected chi connectivity index (χ0v) is 13.7. The summed E-state index contributed by atoms with van der Waals surface area (Å²) in [6.07, 6.45) is 7.21. The molecule has 0 amide bonds. The summed E-state index contributed by atoms with van der Waals surface area (Å²) >= 11 is 12.3. The molecule has 0 radical (unpaired) electrons. The van der Waals surface area contributed by atoms with Crippen LogP contribution in [0.1, 0.15) is 37.7 Å². The van der Waals surface area contributed by atoms with Crippen molar-refractivity contribution >= 4 is 23.2 Å². The Morgan fingerprint density at radius 1 is 1.00 bits per heavy atom. The number of hydrogen-bond acceptors (Lipinski definition) is 1. The molecule has 3 heteroatoms. The molecule has 0 spiro atoms. The second kappa shape index (κ2) is 5.44. The minimum Gasteiger partial charge on any atom is -0.392 e. The van der Waals surface area contributed by atoms with Gasteiger partial charge in [0.2, 0.25) is 0 Å². The van der Waals surface area contributed by atoms with Gasteiger partial charge in [0.15, 0.2) is 0 Å². The van der Waals surface area contributed by atoms with Crippen LogP contribution in [0.2, 0.25) is 10.0 Å². The molecule has 4 aliphatic carbocycles. The number of halogens is 2. The SMILES string of the molecule is OC(Cc1cc(Cl)ccc1Cl)C1C2CC3CC(C2)CC1C3. The van der Waals surface area contributed by atoms with Crippen LogP contribution in [0.5, 0.6) is 0 Å². The fourth-order valence-corrected chi connectivity index (χ4v) is 6.05. The Kier molecular flexibility index (Phi) is 3.72. The molecule has 0 aliphatic heterocycles. The highest BCUT2D eigenvalue weighted by Crippen LogP contribution is 2.57. The molecule has 4 bridgehead atoms. The molecule has 1 atom stereocenters. The standard InChI is InChI=1S/C18H22Cl2O/c19-15-1-2-16(20)12(8-15)9-17(21)18-13-4-10-3-11(6-13)7-14(18)5-10/h1-2,8,10-11,13-14,17-18,21H,3-7,9H2. The van der Waals surface area contributed by atoms with Crippen LogP contribution in [-0.4, -0.2) is 11.2 Å². The summed E-state index contributed by atoms with van der Waals surface area (Å²) in [5.74, 6) is 3.87. The Labute approximate surface area is 136 Å². The average Bonchev–Trinajstić information content (AvgIpc) is 2.41. The van der Waals surface area contributed by atoms with Crippen LogP contribution in [-0.2, 0) is 6.42 Å². The number of rotatable bonds is 3. The molecular weight excluding hydrogens is 303 g/mol. The second-order valence-electron chi connectivity index (χ2n) is 7.52. The molecule has 114 valence electrons. The quantitative estimate of drug-likeness (QED) is 0.832. The highest BCUT2D eigenvalue weighted by atomic mass is 35.5. The van der Waals surface area contributed by atoms with Crippen molar-refractivity contribution in [3.63, 3.8) is 0 Å². The van der Waals surface area contributed by atoms with E-state index in [1.807, 2.05) is 18.2 Å². The number of aliphatic hydroxyl groups is 1. The van der Waals surface area contributed by atoms with Gasteiger partial charge in [0, 0.05) is 16.5 Å². The van der Waals surface area contributed by atoms with E-state index in [1.54, 1.807) is 0 Å². The van der Waals surface area contributed by atoms with Gasteiger partial charge in [-0.25, -0.2) is 0 Å². The maximum atomic E-state index is 10.8. The first kappa shape index (κ1) is 14.4. The minimum absolute atomic E-state index is 0.268. The number of hydrogen-bond donors (Lipinski definition) is 1. The van der Waals surface area contributed by atoms with Gasteiger partial charge in [0.25, 0.3) is 0 Å². The van der Waals surface area contributed by atoms with Crippen LogP contribution in [0.4, 0.5) is 0 Å². The topological polar surface area (TPSA) is 20.2 Å². The van der Waals surface area contributed by atoms with E-state index < -0.39 is 0 Å². The molecule has 1 aromatic carbocycles. The first-order chi connectivity index (χ1) is 10.1. The summed E-state index contributed by atoms with van der Waals surface area (Å²) < 4.78 is 0. The van der Waals surface area contributed by atoms with Crippen LogP contribution >= 0.6 is 23.2 Å². The minimum atomic E-state index is -0.268. The summed E-state index contributed by atoms with van der Waals surface area (Å²) in [4.78, 5) is 0. The Bertz CT molecular complexity index is 514. The lowest BCUT2D eigenvalue weighted by molar-refractivity contribution is -0.0887. The summed E-state index contributed by atoms with van der Waals surface area (Å²) in [7, 11) is 0. The van der Waals surface area contributed by atoms with E-state index in [1.165, 1.54) is 32.1 Å². The van der Waals surface area contributed by atoms with Crippen molar-refractivity contribution < 1.29 is 5.11 Å². The van der Waals surface area contributed by atoms with E-state index in [0.717, 1.165) is 34.3 Å². The third kappa shape index (κ3) is 2.62. The van der Waals surface area contributed by atoms with Gasteiger partial charge < -0.3 is 5.11 Å². The Hall–Kier alpha value is -0.240. The first-order valence-electron chi connectivity index (χ1n) is 8.22. The third-order valence-electron chi connectivity index (χ3n) is 6.18. The molecule has 1 nitrogen and oxygen atoms in total. The molecule has 1 aromatic rings. The highest BCUT2D eigenvalue weighted by molar-refractivity contribution is 6.33. The predicted octanol–water partition coefficient (Wildman–Crippen LogP) is 4.97. The van der Waals surface area contributed by atoms with E-state index in [-0.39, 0.29) is 6.10 Å². The number of benzene rings is 1. The van der Waals surface area contributed by atoms with E-state index in [4.69, 9.17) is 23.2 Å². The summed E-state index contributed by atoms with van der Waals surface area (Å²) in [6.45, 7) is 0. The van der Waals surface area contributed by atoms with Gasteiger partial charge in [-0.2, -0.15) is 0 Å². The van der Waals surface area contributed by atoms with Crippen LogP contribution in [0.15, 0.2) is 18.2 Å². The fourth-order valence-electron chi connectivity index (χ4n) is 5.66. The highest BCUT2D eigenvalue weighted by Gasteiger charge is 2.50. The van der Waals surface area contributed by atoms with Crippen molar-refractivity contribution in [3.8, 4) is 0 Å². The molecule has 4 saturated carbocycles. The molecule has 1 N–H and O–H groups in total. The lowest BCUT2D eigenvalue weighted by atomic mass is 9.50. The first-order valence-corrected chi connectivity index (χ1v) is 8.97. The van der Waals surface area contributed by atoms with Crippen LogP contribution < -0.4 is 0 Å². The third-order valence-corrected chi connectivity index (χ3v) is 6.78.